The highest BCUT2D eigenvalue weighted by Crippen LogP contribution is 2.17. The quantitative estimate of drug-likeness (QED) is 0.808. The highest BCUT2D eigenvalue weighted by atomic mass is 16.5. The first-order valence-electron chi connectivity index (χ1n) is 7.04. The summed E-state index contributed by atoms with van der Waals surface area (Å²) in [5.74, 6) is -0.650. The predicted molar refractivity (Wildman–Crippen MR) is 80.5 cm³/mol. The standard InChI is InChI=1S/C16H23NO4/c1-5-10(2)15(16(19)20)17-14(18)9-12-6-7-13(21-4)8-11(12)3/h6-8,10,15H,5,9H2,1-4H3,(H,17,18)(H,19,20). The second-order valence-corrected chi connectivity index (χ2v) is 5.24. The number of nitrogens with one attached hydrogen (secondary N) is 1. The van der Waals surface area contributed by atoms with Crippen LogP contribution in [0.3, 0.4) is 0 Å². The van der Waals surface area contributed by atoms with Gasteiger partial charge in [0.25, 0.3) is 0 Å². The van der Waals surface area contributed by atoms with E-state index in [1.807, 2.05) is 32.9 Å². The molecule has 0 saturated carbocycles. The monoisotopic (exact) mass is 293 g/mol. The van der Waals surface area contributed by atoms with Crippen LogP contribution in [0.5, 0.6) is 5.75 Å². The second-order valence-electron chi connectivity index (χ2n) is 5.24. The summed E-state index contributed by atoms with van der Waals surface area (Å²) >= 11 is 0. The lowest BCUT2D eigenvalue weighted by atomic mass is 9.98. The van der Waals surface area contributed by atoms with Crippen molar-refractivity contribution in [3.63, 3.8) is 0 Å². The summed E-state index contributed by atoms with van der Waals surface area (Å²) in [4.78, 5) is 23.3. The van der Waals surface area contributed by atoms with Crippen molar-refractivity contribution in [2.75, 3.05) is 7.11 Å². The first-order valence-corrected chi connectivity index (χ1v) is 7.04. The number of carbonyl (C=O) groups is 2. The summed E-state index contributed by atoms with van der Waals surface area (Å²) in [5, 5.41) is 11.8. The molecule has 0 aliphatic carbocycles. The van der Waals surface area contributed by atoms with Crippen molar-refractivity contribution in [3.05, 3.63) is 29.3 Å². The number of hydrogen-bond donors (Lipinski definition) is 2. The van der Waals surface area contributed by atoms with Gasteiger partial charge < -0.3 is 15.2 Å². The lowest BCUT2D eigenvalue weighted by Gasteiger charge is -2.20. The van der Waals surface area contributed by atoms with Gasteiger partial charge in [-0.15, -0.1) is 0 Å². The summed E-state index contributed by atoms with van der Waals surface area (Å²) in [5.41, 5.74) is 1.81. The van der Waals surface area contributed by atoms with E-state index in [9.17, 15) is 14.7 Å². The van der Waals surface area contributed by atoms with Crippen molar-refractivity contribution in [1.82, 2.24) is 5.32 Å². The Morgan fingerprint density at radius 1 is 1.38 bits per heavy atom. The van der Waals surface area contributed by atoms with Gasteiger partial charge >= 0.3 is 5.97 Å². The molecular weight excluding hydrogens is 270 g/mol. The minimum atomic E-state index is -0.996. The lowest BCUT2D eigenvalue weighted by molar-refractivity contribution is -0.143. The molecule has 21 heavy (non-hydrogen) atoms. The minimum absolute atomic E-state index is 0.108. The summed E-state index contributed by atoms with van der Waals surface area (Å²) in [7, 11) is 1.59. The molecule has 1 aromatic carbocycles. The van der Waals surface area contributed by atoms with Crippen LogP contribution in [0.2, 0.25) is 0 Å². The summed E-state index contributed by atoms with van der Waals surface area (Å²) in [6, 6.07) is 4.62. The van der Waals surface area contributed by atoms with Crippen LogP contribution in [0.4, 0.5) is 0 Å². The Morgan fingerprint density at radius 3 is 2.52 bits per heavy atom. The van der Waals surface area contributed by atoms with Crippen LogP contribution in [-0.4, -0.2) is 30.1 Å². The van der Waals surface area contributed by atoms with E-state index in [2.05, 4.69) is 5.32 Å². The van der Waals surface area contributed by atoms with Crippen molar-refractivity contribution in [2.24, 2.45) is 5.92 Å². The molecule has 2 unspecified atom stereocenters. The lowest BCUT2D eigenvalue weighted by Crippen LogP contribution is -2.45. The summed E-state index contributed by atoms with van der Waals surface area (Å²) in [6.45, 7) is 5.62. The van der Waals surface area contributed by atoms with Crippen molar-refractivity contribution in [3.8, 4) is 5.75 Å². The van der Waals surface area contributed by atoms with Gasteiger partial charge in [-0.3, -0.25) is 4.79 Å². The fourth-order valence-corrected chi connectivity index (χ4v) is 2.07. The van der Waals surface area contributed by atoms with Crippen LogP contribution in [-0.2, 0) is 16.0 Å². The minimum Gasteiger partial charge on any atom is -0.497 e. The van der Waals surface area contributed by atoms with E-state index >= 15 is 0 Å². The molecule has 0 aromatic heterocycles. The number of aliphatic carboxylic acids is 1. The Hall–Kier alpha value is -2.04. The molecule has 0 fully saturated rings. The number of amides is 1. The van der Waals surface area contributed by atoms with E-state index in [1.54, 1.807) is 13.2 Å². The van der Waals surface area contributed by atoms with Gasteiger partial charge in [0, 0.05) is 0 Å². The normalized spacial score (nSPS) is 13.3. The largest absolute Gasteiger partial charge is 0.497 e. The Labute approximate surface area is 125 Å². The number of methoxy groups -OCH3 is 1. The van der Waals surface area contributed by atoms with Crippen LogP contribution >= 0.6 is 0 Å². The van der Waals surface area contributed by atoms with Crippen molar-refractivity contribution in [1.29, 1.82) is 0 Å². The molecule has 0 radical (unpaired) electrons. The first kappa shape index (κ1) is 17.0. The fourth-order valence-electron chi connectivity index (χ4n) is 2.07. The van der Waals surface area contributed by atoms with Crippen molar-refractivity contribution < 1.29 is 19.4 Å². The molecule has 116 valence electrons. The highest BCUT2D eigenvalue weighted by molar-refractivity contribution is 5.85. The van der Waals surface area contributed by atoms with E-state index in [4.69, 9.17) is 4.74 Å². The molecule has 1 aromatic rings. The van der Waals surface area contributed by atoms with Gasteiger partial charge in [-0.2, -0.15) is 0 Å². The molecule has 2 N–H and O–H groups in total. The SMILES string of the molecule is CCC(C)C(NC(=O)Cc1ccc(OC)cc1C)C(=O)O. The summed E-state index contributed by atoms with van der Waals surface area (Å²) < 4.78 is 5.12. The maximum atomic E-state index is 12.0. The molecule has 0 spiro atoms. The van der Waals surface area contributed by atoms with E-state index in [0.717, 1.165) is 16.9 Å². The summed E-state index contributed by atoms with van der Waals surface area (Å²) in [6.07, 6.45) is 0.856. The second kappa shape index (κ2) is 7.67. The van der Waals surface area contributed by atoms with Gasteiger partial charge in [-0.1, -0.05) is 26.3 Å². The molecule has 1 amide bonds. The number of carboxylic acid groups (broad SMARTS) is 1. The maximum Gasteiger partial charge on any atom is 0.326 e. The average molecular weight is 293 g/mol. The van der Waals surface area contributed by atoms with Crippen LogP contribution in [0.25, 0.3) is 0 Å². The van der Waals surface area contributed by atoms with E-state index in [-0.39, 0.29) is 18.2 Å². The zero-order valence-electron chi connectivity index (χ0n) is 13.0. The zero-order chi connectivity index (χ0) is 16.0. The average Bonchev–Trinajstić information content (AvgIpc) is 2.45. The van der Waals surface area contributed by atoms with E-state index < -0.39 is 12.0 Å². The van der Waals surface area contributed by atoms with Crippen molar-refractivity contribution in [2.45, 2.75) is 39.7 Å². The van der Waals surface area contributed by atoms with Crippen LogP contribution in [0.1, 0.15) is 31.4 Å². The first-order chi connectivity index (χ1) is 9.88. The Bertz CT molecular complexity index is 513. The number of benzene rings is 1. The third kappa shape index (κ3) is 4.77. The highest BCUT2D eigenvalue weighted by Gasteiger charge is 2.25. The van der Waals surface area contributed by atoms with Crippen LogP contribution in [0, 0.1) is 12.8 Å². The molecule has 0 heterocycles. The van der Waals surface area contributed by atoms with E-state index in [0.29, 0.717) is 6.42 Å². The number of rotatable bonds is 7. The smallest absolute Gasteiger partial charge is 0.326 e. The Balaban J connectivity index is 2.74. The van der Waals surface area contributed by atoms with E-state index in [1.165, 1.54) is 0 Å². The van der Waals surface area contributed by atoms with Gasteiger partial charge in [-0.25, -0.2) is 4.79 Å². The fraction of sp³-hybridized carbons (Fsp3) is 0.500. The Kier molecular flexibility index (Phi) is 6.21. The molecule has 0 saturated heterocycles. The van der Waals surface area contributed by atoms with Gasteiger partial charge in [0.05, 0.1) is 13.5 Å². The number of carbonyl (C=O) groups excluding carboxylic acids is 1. The third-order valence-electron chi connectivity index (χ3n) is 3.70. The third-order valence-corrected chi connectivity index (χ3v) is 3.70. The molecule has 1 rings (SSSR count). The maximum absolute atomic E-state index is 12.0. The topological polar surface area (TPSA) is 75.6 Å². The molecule has 5 heteroatoms. The van der Waals surface area contributed by atoms with Gasteiger partial charge in [0.2, 0.25) is 5.91 Å². The van der Waals surface area contributed by atoms with Crippen molar-refractivity contribution >= 4 is 11.9 Å². The van der Waals surface area contributed by atoms with Gasteiger partial charge in [0.15, 0.2) is 0 Å². The molecule has 2 atom stereocenters. The number of carboxylic acids is 1. The molecule has 0 aliphatic heterocycles. The number of hydrogen-bond acceptors (Lipinski definition) is 3. The van der Waals surface area contributed by atoms with Gasteiger partial charge in [-0.05, 0) is 36.1 Å². The molecule has 5 nitrogen and oxygen atoms in total. The molecule has 0 bridgehead atoms. The molecule has 0 aliphatic rings. The Morgan fingerprint density at radius 2 is 2.05 bits per heavy atom. The molecular formula is C16H23NO4. The zero-order valence-corrected chi connectivity index (χ0v) is 13.0. The predicted octanol–water partition coefficient (Wildman–Crippen LogP) is 2.16. The van der Waals surface area contributed by atoms with Crippen LogP contribution in [0.15, 0.2) is 18.2 Å². The number of aryl methyl sites for hydroxylation is 1. The number of ether oxygens (including phenoxy) is 1. The van der Waals surface area contributed by atoms with Gasteiger partial charge in [0.1, 0.15) is 11.8 Å². The van der Waals surface area contributed by atoms with Crippen LogP contribution < -0.4 is 10.1 Å².